The van der Waals surface area contributed by atoms with Gasteiger partial charge in [-0.1, -0.05) is 12.1 Å². The van der Waals surface area contributed by atoms with Gasteiger partial charge in [0, 0.05) is 41.6 Å². The first-order valence-corrected chi connectivity index (χ1v) is 8.38. The van der Waals surface area contributed by atoms with Crippen molar-refractivity contribution in [1.82, 2.24) is 9.55 Å². The van der Waals surface area contributed by atoms with Crippen LogP contribution in [0.15, 0.2) is 47.4 Å². The fraction of sp³-hybridized carbons (Fsp3) is 0.188. The Kier molecular flexibility index (Phi) is 3.94. The van der Waals surface area contributed by atoms with Crippen LogP contribution >= 0.6 is 0 Å². The lowest BCUT2D eigenvalue weighted by molar-refractivity contribution is 0.629. The highest BCUT2D eigenvalue weighted by atomic mass is 32.2. The Morgan fingerprint density at radius 1 is 1.23 bits per heavy atom. The van der Waals surface area contributed by atoms with Crippen LogP contribution in [0.25, 0.3) is 11.0 Å². The monoisotopic (exact) mass is 317 g/mol. The first kappa shape index (κ1) is 14.7. The number of fused-ring (bicyclic) bond motifs is 1. The van der Waals surface area contributed by atoms with Crippen molar-refractivity contribution in [2.24, 2.45) is 7.05 Å². The second-order valence-electron chi connectivity index (χ2n) is 5.08. The highest BCUT2D eigenvalue weighted by Gasteiger charge is 2.08. The fourth-order valence-electron chi connectivity index (χ4n) is 2.31. The molecule has 0 aliphatic carbocycles. The van der Waals surface area contributed by atoms with E-state index in [2.05, 4.69) is 10.3 Å². The molecule has 2 aromatic carbocycles. The highest BCUT2D eigenvalue weighted by molar-refractivity contribution is 7.84. The summed E-state index contributed by atoms with van der Waals surface area (Å²) in [4.78, 5) is 5.20. The van der Waals surface area contributed by atoms with Gasteiger partial charge in [0.25, 0.3) is 0 Å². The lowest BCUT2D eigenvalue weighted by Gasteiger charge is -2.07. The van der Waals surface area contributed by atoms with Crippen molar-refractivity contribution in [2.45, 2.75) is 11.4 Å². The molecule has 0 spiro atoms. The summed E-state index contributed by atoms with van der Waals surface area (Å²) < 4.78 is 26.5. The minimum atomic E-state index is -0.966. The number of halogens is 1. The lowest BCUT2D eigenvalue weighted by Crippen LogP contribution is -2.05. The smallest absolute Gasteiger partial charge is 0.203 e. The molecule has 4 nitrogen and oxygen atoms in total. The number of aromatic nitrogens is 2. The zero-order chi connectivity index (χ0) is 15.7. The third-order valence-corrected chi connectivity index (χ3v) is 4.48. The summed E-state index contributed by atoms with van der Waals surface area (Å²) in [7, 11) is 0.922. The largest absolute Gasteiger partial charge is 0.352 e. The lowest BCUT2D eigenvalue weighted by atomic mass is 10.2. The predicted molar refractivity (Wildman–Crippen MR) is 86.8 cm³/mol. The van der Waals surface area contributed by atoms with E-state index in [9.17, 15) is 8.60 Å². The van der Waals surface area contributed by atoms with Crippen molar-refractivity contribution in [1.29, 1.82) is 0 Å². The van der Waals surface area contributed by atoms with Crippen LogP contribution in [0, 0.1) is 5.82 Å². The first-order valence-electron chi connectivity index (χ1n) is 6.83. The molecule has 0 aliphatic heterocycles. The molecule has 6 heteroatoms. The molecule has 3 aromatic rings. The summed E-state index contributed by atoms with van der Waals surface area (Å²) in [6.45, 7) is 0.594. The van der Waals surface area contributed by atoms with Crippen LogP contribution < -0.4 is 5.32 Å². The van der Waals surface area contributed by atoms with E-state index < -0.39 is 10.8 Å². The Morgan fingerprint density at radius 2 is 1.95 bits per heavy atom. The molecule has 3 rings (SSSR count). The van der Waals surface area contributed by atoms with Crippen LogP contribution in [-0.4, -0.2) is 20.0 Å². The zero-order valence-corrected chi connectivity index (χ0v) is 13.2. The number of aryl methyl sites for hydroxylation is 1. The molecule has 1 N–H and O–H groups in total. The Balaban J connectivity index is 1.78. The normalized spacial score (nSPS) is 12.5. The topological polar surface area (TPSA) is 46.9 Å². The molecule has 0 bridgehead atoms. The van der Waals surface area contributed by atoms with Gasteiger partial charge in [-0.05, 0) is 29.8 Å². The minimum Gasteiger partial charge on any atom is -0.352 e. The molecule has 22 heavy (non-hydrogen) atoms. The Labute approximate surface area is 130 Å². The van der Waals surface area contributed by atoms with Gasteiger partial charge in [-0.2, -0.15) is 0 Å². The van der Waals surface area contributed by atoms with Gasteiger partial charge in [0.2, 0.25) is 5.95 Å². The first-order chi connectivity index (χ1) is 10.5. The number of rotatable bonds is 4. The molecule has 1 heterocycles. The van der Waals surface area contributed by atoms with Gasteiger partial charge in [0.05, 0.1) is 11.0 Å². The van der Waals surface area contributed by atoms with Crippen molar-refractivity contribution in [3.63, 3.8) is 0 Å². The number of imidazole rings is 1. The Morgan fingerprint density at radius 3 is 2.64 bits per heavy atom. The van der Waals surface area contributed by atoms with Crippen LogP contribution in [-0.2, 0) is 24.4 Å². The minimum absolute atomic E-state index is 0.291. The average molecular weight is 317 g/mol. The second-order valence-corrected chi connectivity index (χ2v) is 6.46. The van der Waals surface area contributed by atoms with Crippen molar-refractivity contribution in [3.8, 4) is 0 Å². The van der Waals surface area contributed by atoms with E-state index >= 15 is 0 Å². The second kappa shape index (κ2) is 5.88. The van der Waals surface area contributed by atoms with Crippen molar-refractivity contribution in [2.75, 3.05) is 11.6 Å². The summed E-state index contributed by atoms with van der Waals surface area (Å²) in [6.07, 6.45) is 1.66. The molecule has 0 unspecified atom stereocenters. The molecule has 1 aromatic heterocycles. The van der Waals surface area contributed by atoms with Crippen molar-refractivity contribution in [3.05, 3.63) is 53.8 Å². The van der Waals surface area contributed by atoms with Crippen molar-refractivity contribution < 1.29 is 8.60 Å². The third kappa shape index (κ3) is 2.87. The standard InChI is InChI=1S/C16H16FN3OS/c1-20-15-8-5-12(17)9-14(15)19-16(20)18-10-11-3-6-13(7-4-11)22(2)21/h3-9H,10H2,1-2H3,(H,18,19)/t22-/m0/s1. The average Bonchev–Trinajstić information content (AvgIpc) is 2.81. The fourth-order valence-corrected chi connectivity index (χ4v) is 2.83. The SMILES string of the molecule is Cn1c(NCc2ccc([S@](C)=O)cc2)nc2cc(F)ccc21. The van der Waals surface area contributed by atoms with E-state index in [1.54, 1.807) is 12.3 Å². The van der Waals surface area contributed by atoms with Gasteiger partial charge < -0.3 is 9.88 Å². The molecule has 0 saturated carbocycles. The quantitative estimate of drug-likeness (QED) is 0.804. The molecule has 1 atom stereocenters. The molecular weight excluding hydrogens is 301 g/mol. The molecule has 0 fully saturated rings. The molecule has 0 amide bonds. The van der Waals surface area contributed by atoms with Gasteiger partial charge in [-0.15, -0.1) is 0 Å². The van der Waals surface area contributed by atoms with Crippen LogP contribution in [0.2, 0.25) is 0 Å². The molecule has 0 radical (unpaired) electrons. The Bertz CT molecular complexity index is 842. The maximum absolute atomic E-state index is 13.2. The summed E-state index contributed by atoms with van der Waals surface area (Å²) >= 11 is 0. The zero-order valence-electron chi connectivity index (χ0n) is 12.3. The van der Waals surface area contributed by atoms with E-state index in [4.69, 9.17) is 0 Å². The molecule has 114 valence electrons. The Hall–Kier alpha value is -2.21. The maximum Gasteiger partial charge on any atom is 0.203 e. The van der Waals surface area contributed by atoms with Gasteiger partial charge >= 0.3 is 0 Å². The number of anilines is 1. The van der Waals surface area contributed by atoms with Crippen LogP contribution in [0.1, 0.15) is 5.56 Å². The van der Waals surface area contributed by atoms with E-state index in [0.717, 1.165) is 16.0 Å². The van der Waals surface area contributed by atoms with Gasteiger partial charge in [0.15, 0.2) is 0 Å². The summed E-state index contributed by atoms with van der Waals surface area (Å²) in [5, 5.41) is 3.24. The summed E-state index contributed by atoms with van der Waals surface area (Å²) in [6, 6.07) is 12.2. The van der Waals surface area contributed by atoms with Crippen LogP contribution in [0.5, 0.6) is 0 Å². The van der Waals surface area contributed by atoms with Crippen LogP contribution in [0.3, 0.4) is 0 Å². The molecule has 0 aliphatic rings. The van der Waals surface area contributed by atoms with Gasteiger partial charge in [-0.25, -0.2) is 9.37 Å². The van der Waals surface area contributed by atoms with E-state index in [-0.39, 0.29) is 5.82 Å². The summed E-state index contributed by atoms with van der Waals surface area (Å²) in [5.41, 5.74) is 2.56. The maximum atomic E-state index is 13.2. The summed E-state index contributed by atoms with van der Waals surface area (Å²) in [5.74, 6) is 0.393. The number of nitrogens with zero attached hydrogens (tertiary/aromatic N) is 2. The number of hydrogen-bond donors (Lipinski definition) is 1. The number of hydrogen-bond acceptors (Lipinski definition) is 3. The van der Waals surface area contributed by atoms with Gasteiger partial charge in [0.1, 0.15) is 5.82 Å². The van der Waals surface area contributed by atoms with E-state index in [1.165, 1.54) is 12.1 Å². The van der Waals surface area contributed by atoms with E-state index in [1.807, 2.05) is 35.9 Å². The molecule has 0 saturated heterocycles. The van der Waals surface area contributed by atoms with Crippen LogP contribution in [0.4, 0.5) is 10.3 Å². The van der Waals surface area contributed by atoms with Gasteiger partial charge in [-0.3, -0.25) is 4.21 Å². The number of nitrogens with one attached hydrogen (secondary N) is 1. The number of benzene rings is 2. The molecular formula is C16H16FN3OS. The third-order valence-electron chi connectivity index (χ3n) is 3.55. The van der Waals surface area contributed by atoms with Crippen molar-refractivity contribution >= 4 is 27.8 Å². The predicted octanol–water partition coefficient (Wildman–Crippen LogP) is 3.06. The van der Waals surface area contributed by atoms with E-state index in [0.29, 0.717) is 18.0 Å². The highest BCUT2D eigenvalue weighted by Crippen LogP contribution is 2.19.